The molecule has 0 fully saturated rings. The Labute approximate surface area is 127 Å². The molecule has 0 bridgehead atoms. The van der Waals surface area contributed by atoms with Crippen LogP contribution in [0.25, 0.3) is 0 Å². The summed E-state index contributed by atoms with van der Waals surface area (Å²) in [6, 6.07) is 16.0. The maximum absolute atomic E-state index is 5.90. The summed E-state index contributed by atoms with van der Waals surface area (Å²) < 4.78 is 12.7. The highest BCUT2D eigenvalue weighted by atomic mass is 79.9. The van der Waals surface area contributed by atoms with Gasteiger partial charge in [0.1, 0.15) is 12.7 Å². The molecule has 3 rings (SSSR count). The molecule has 1 heterocycles. The van der Waals surface area contributed by atoms with Crippen LogP contribution in [0.15, 0.2) is 53.0 Å². The Balaban J connectivity index is 1.52. The molecule has 1 aliphatic rings. The number of hydrogen-bond acceptors (Lipinski definition) is 3. The normalized spacial score (nSPS) is 16.9. The van der Waals surface area contributed by atoms with Crippen molar-refractivity contribution < 1.29 is 9.47 Å². The first-order valence-corrected chi connectivity index (χ1v) is 7.45. The van der Waals surface area contributed by atoms with Gasteiger partial charge in [-0.3, -0.25) is 0 Å². The van der Waals surface area contributed by atoms with Crippen molar-refractivity contribution in [3.8, 4) is 11.5 Å². The van der Waals surface area contributed by atoms with Crippen molar-refractivity contribution in [2.45, 2.75) is 12.6 Å². The highest BCUT2D eigenvalue weighted by molar-refractivity contribution is 9.10. The van der Waals surface area contributed by atoms with Gasteiger partial charge in [-0.05, 0) is 23.8 Å². The van der Waals surface area contributed by atoms with E-state index in [-0.39, 0.29) is 6.10 Å². The van der Waals surface area contributed by atoms with Crippen LogP contribution < -0.4 is 14.8 Å². The molecule has 0 amide bonds. The van der Waals surface area contributed by atoms with Gasteiger partial charge < -0.3 is 14.8 Å². The maximum Gasteiger partial charge on any atom is 0.161 e. The van der Waals surface area contributed by atoms with Gasteiger partial charge in [-0.15, -0.1) is 0 Å². The highest BCUT2D eigenvalue weighted by Crippen LogP contribution is 2.30. The molecule has 2 aromatic carbocycles. The number of ether oxygens (including phenoxy) is 2. The zero-order valence-electron chi connectivity index (χ0n) is 11.0. The number of fused-ring (bicyclic) bond motifs is 1. The molecule has 1 N–H and O–H groups in total. The number of para-hydroxylation sites is 2. The summed E-state index contributed by atoms with van der Waals surface area (Å²) >= 11 is 3.55. The predicted molar refractivity (Wildman–Crippen MR) is 82.2 cm³/mol. The van der Waals surface area contributed by atoms with Crippen LogP contribution in [0.4, 0.5) is 0 Å². The molecular formula is C16H16BrNO2. The molecule has 4 heteroatoms. The lowest BCUT2D eigenvalue weighted by Gasteiger charge is -2.26. The number of halogens is 1. The van der Waals surface area contributed by atoms with Gasteiger partial charge >= 0.3 is 0 Å². The third kappa shape index (κ3) is 3.14. The van der Waals surface area contributed by atoms with Gasteiger partial charge in [0.15, 0.2) is 11.5 Å². The average Bonchev–Trinajstić information content (AvgIpc) is 2.49. The van der Waals surface area contributed by atoms with Crippen molar-refractivity contribution in [3.63, 3.8) is 0 Å². The summed E-state index contributed by atoms with van der Waals surface area (Å²) in [5.41, 5.74) is 1.24. The summed E-state index contributed by atoms with van der Waals surface area (Å²) in [6.07, 6.45) is 0.0485. The molecule has 0 saturated heterocycles. The van der Waals surface area contributed by atoms with Crippen LogP contribution in [0.2, 0.25) is 0 Å². The van der Waals surface area contributed by atoms with Crippen LogP contribution in [0, 0.1) is 0 Å². The Morgan fingerprint density at radius 3 is 2.65 bits per heavy atom. The van der Waals surface area contributed by atoms with Crippen LogP contribution in [-0.4, -0.2) is 19.3 Å². The van der Waals surface area contributed by atoms with E-state index in [2.05, 4.69) is 27.3 Å². The molecule has 3 nitrogen and oxygen atoms in total. The average molecular weight is 334 g/mol. The fraction of sp³-hybridized carbons (Fsp3) is 0.250. The van der Waals surface area contributed by atoms with Gasteiger partial charge in [0.25, 0.3) is 0 Å². The van der Waals surface area contributed by atoms with Crippen molar-refractivity contribution in [1.82, 2.24) is 5.32 Å². The van der Waals surface area contributed by atoms with Crippen molar-refractivity contribution in [2.24, 2.45) is 0 Å². The van der Waals surface area contributed by atoms with E-state index in [4.69, 9.17) is 9.47 Å². The molecule has 0 spiro atoms. The first kappa shape index (κ1) is 13.5. The second-order valence-corrected chi connectivity index (χ2v) is 5.57. The number of rotatable bonds is 4. The zero-order chi connectivity index (χ0) is 13.8. The summed E-state index contributed by atoms with van der Waals surface area (Å²) in [5.74, 6) is 1.65. The Morgan fingerprint density at radius 2 is 1.80 bits per heavy atom. The second-order valence-electron chi connectivity index (χ2n) is 4.72. The number of benzene rings is 2. The SMILES string of the molecule is Brc1ccccc1CNC[C@@H]1COc2ccccc2O1. The van der Waals surface area contributed by atoms with Crippen LogP contribution in [0.1, 0.15) is 5.56 Å². The number of nitrogens with one attached hydrogen (secondary N) is 1. The van der Waals surface area contributed by atoms with Crippen LogP contribution in [-0.2, 0) is 6.54 Å². The third-order valence-electron chi connectivity index (χ3n) is 3.21. The first-order chi connectivity index (χ1) is 9.83. The number of hydrogen-bond donors (Lipinski definition) is 1. The van der Waals surface area contributed by atoms with Crippen LogP contribution in [0.3, 0.4) is 0 Å². The molecule has 0 aliphatic carbocycles. The minimum Gasteiger partial charge on any atom is -0.486 e. The van der Waals surface area contributed by atoms with Gasteiger partial charge in [0.05, 0.1) is 0 Å². The van der Waals surface area contributed by atoms with E-state index in [1.54, 1.807) is 0 Å². The molecule has 104 valence electrons. The fourth-order valence-electron chi connectivity index (χ4n) is 2.17. The van der Waals surface area contributed by atoms with E-state index in [0.717, 1.165) is 29.1 Å². The van der Waals surface area contributed by atoms with E-state index in [1.807, 2.05) is 42.5 Å². The minimum absolute atomic E-state index is 0.0485. The quantitative estimate of drug-likeness (QED) is 0.930. The van der Waals surface area contributed by atoms with Crippen molar-refractivity contribution >= 4 is 15.9 Å². The monoisotopic (exact) mass is 333 g/mol. The molecule has 0 radical (unpaired) electrons. The van der Waals surface area contributed by atoms with Gasteiger partial charge in [-0.1, -0.05) is 46.3 Å². The molecule has 1 aliphatic heterocycles. The molecule has 0 saturated carbocycles. The van der Waals surface area contributed by atoms with E-state index >= 15 is 0 Å². The molecule has 0 aromatic heterocycles. The smallest absolute Gasteiger partial charge is 0.161 e. The summed E-state index contributed by atoms with van der Waals surface area (Å²) in [7, 11) is 0. The van der Waals surface area contributed by atoms with Gasteiger partial charge in [-0.2, -0.15) is 0 Å². The molecule has 2 aromatic rings. The van der Waals surface area contributed by atoms with Gasteiger partial charge in [0, 0.05) is 17.6 Å². The molecule has 1 atom stereocenters. The van der Waals surface area contributed by atoms with Crippen molar-refractivity contribution in [1.29, 1.82) is 0 Å². The Hall–Kier alpha value is -1.52. The lowest BCUT2D eigenvalue weighted by Crippen LogP contribution is -2.38. The van der Waals surface area contributed by atoms with E-state index in [0.29, 0.717) is 6.61 Å². The Morgan fingerprint density at radius 1 is 1.05 bits per heavy atom. The predicted octanol–water partition coefficient (Wildman–Crippen LogP) is 3.38. The van der Waals surface area contributed by atoms with Gasteiger partial charge in [0.2, 0.25) is 0 Å². The van der Waals surface area contributed by atoms with Crippen LogP contribution in [0.5, 0.6) is 11.5 Å². The van der Waals surface area contributed by atoms with E-state index in [9.17, 15) is 0 Å². The Bertz CT molecular complexity index is 588. The topological polar surface area (TPSA) is 30.5 Å². The molecule has 0 unspecified atom stereocenters. The van der Waals surface area contributed by atoms with E-state index in [1.165, 1.54) is 5.56 Å². The van der Waals surface area contributed by atoms with Crippen molar-refractivity contribution in [2.75, 3.05) is 13.2 Å². The first-order valence-electron chi connectivity index (χ1n) is 6.65. The molecule has 20 heavy (non-hydrogen) atoms. The van der Waals surface area contributed by atoms with E-state index < -0.39 is 0 Å². The summed E-state index contributed by atoms with van der Waals surface area (Å²) in [5, 5.41) is 3.41. The third-order valence-corrected chi connectivity index (χ3v) is 3.99. The Kier molecular flexibility index (Phi) is 4.23. The second kappa shape index (κ2) is 6.29. The fourth-order valence-corrected chi connectivity index (χ4v) is 2.60. The minimum atomic E-state index is 0.0485. The van der Waals surface area contributed by atoms with Crippen molar-refractivity contribution in [3.05, 3.63) is 58.6 Å². The highest BCUT2D eigenvalue weighted by Gasteiger charge is 2.19. The molecular weight excluding hydrogens is 318 g/mol. The van der Waals surface area contributed by atoms with Crippen LogP contribution >= 0.6 is 15.9 Å². The maximum atomic E-state index is 5.90. The standard InChI is InChI=1S/C16H16BrNO2/c17-14-6-2-1-5-12(14)9-18-10-13-11-19-15-7-3-4-8-16(15)20-13/h1-8,13,18H,9-11H2/t13-/m1/s1. The zero-order valence-corrected chi connectivity index (χ0v) is 12.6. The largest absolute Gasteiger partial charge is 0.486 e. The lowest BCUT2D eigenvalue weighted by atomic mass is 10.2. The van der Waals surface area contributed by atoms with Gasteiger partial charge in [-0.25, -0.2) is 0 Å². The summed E-state index contributed by atoms with van der Waals surface area (Å²) in [6.45, 7) is 2.15. The summed E-state index contributed by atoms with van der Waals surface area (Å²) in [4.78, 5) is 0. The lowest BCUT2D eigenvalue weighted by molar-refractivity contribution is 0.0902.